The highest BCUT2D eigenvalue weighted by Gasteiger charge is 2.42. The van der Waals surface area contributed by atoms with E-state index in [9.17, 15) is 4.79 Å². The van der Waals surface area contributed by atoms with Crippen LogP contribution in [0.5, 0.6) is 0 Å². The van der Waals surface area contributed by atoms with E-state index in [-0.39, 0.29) is 11.9 Å². The predicted octanol–water partition coefficient (Wildman–Crippen LogP) is 4.31. The number of hydrogen-bond donors (Lipinski definition) is 0. The Kier molecular flexibility index (Phi) is 5.00. The fourth-order valence-electron chi connectivity index (χ4n) is 4.38. The summed E-state index contributed by atoms with van der Waals surface area (Å²) in [7, 11) is 0. The van der Waals surface area contributed by atoms with E-state index in [4.69, 9.17) is 14.2 Å². The van der Waals surface area contributed by atoms with E-state index >= 15 is 0 Å². The first kappa shape index (κ1) is 18.2. The Balaban J connectivity index is 1.65. The van der Waals surface area contributed by atoms with E-state index in [2.05, 4.69) is 18.1 Å². The maximum atomic E-state index is 12.3. The third-order valence-electron chi connectivity index (χ3n) is 5.69. The molecule has 0 N–H and O–H groups in total. The minimum Gasteiger partial charge on any atom is -0.367 e. The number of rotatable bonds is 5. The molecule has 0 spiro atoms. The molecule has 4 rings (SSSR count). The summed E-state index contributed by atoms with van der Waals surface area (Å²) in [5.41, 5.74) is 1.62. The number of benzene rings is 1. The molecule has 1 fully saturated rings. The monoisotopic (exact) mass is 369 g/mol. The lowest BCUT2D eigenvalue weighted by Crippen LogP contribution is -2.34. The first-order valence-electron chi connectivity index (χ1n) is 10.0. The van der Waals surface area contributed by atoms with Crippen molar-refractivity contribution < 1.29 is 14.1 Å². The van der Waals surface area contributed by atoms with Crippen molar-refractivity contribution in [2.75, 3.05) is 11.5 Å². The number of amides is 1. The van der Waals surface area contributed by atoms with Crippen LogP contribution in [0.25, 0.3) is 0 Å². The van der Waals surface area contributed by atoms with E-state index in [1.165, 1.54) is 6.42 Å². The zero-order chi connectivity index (χ0) is 18.9. The molecule has 2 aromatic rings. The number of carbonyl (C=O) groups excluding carboxylic acids is 1. The number of hydrogen-bond acceptors (Lipinski definition) is 5. The van der Waals surface area contributed by atoms with Gasteiger partial charge in [0.15, 0.2) is 0 Å². The molecule has 6 heteroatoms. The lowest BCUT2D eigenvalue weighted by atomic mass is 9.84. The van der Waals surface area contributed by atoms with Gasteiger partial charge in [0, 0.05) is 25.6 Å². The average Bonchev–Trinajstić information content (AvgIpc) is 3.32. The predicted molar refractivity (Wildman–Crippen MR) is 101 cm³/mol. The molecule has 0 unspecified atom stereocenters. The number of aromatic nitrogens is 2. The van der Waals surface area contributed by atoms with Crippen LogP contribution in [0.15, 0.2) is 28.8 Å². The number of carbonyl (C=O) groups is 1. The Labute approximate surface area is 159 Å². The molecule has 1 aliphatic heterocycles. The van der Waals surface area contributed by atoms with Gasteiger partial charge >= 0.3 is 0 Å². The number of nitrogens with zero attached hydrogens (tertiary/aromatic N) is 3. The fourth-order valence-corrected chi connectivity index (χ4v) is 4.38. The van der Waals surface area contributed by atoms with Gasteiger partial charge < -0.3 is 9.26 Å². The zero-order valence-corrected chi connectivity index (χ0v) is 16.1. The second kappa shape index (κ2) is 7.43. The molecule has 0 bridgehead atoms. The Morgan fingerprint density at radius 3 is 2.81 bits per heavy atom. The molecule has 1 atom stereocenters. The van der Waals surface area contributed by atoms with Gasteiger partial charge in [-0.1, -0.05) is 49.5 Å². The summed E-state index contributed by atoms with van der Waals surface area (Å²) in [6.07, 6.45) is 6.95. The molecular weight excluding hydrogens is 342 g/mol. The smallest absolute Gasteiger partial charge is 0.250 e. The Hall–Kier alpha value is -2.21. The molecule has 2 aliphatic rings. The van der Waals surface area contributed by atoms with Gasteiger partial charge in [0.05, 0.1) is 0 Å². The second-order valence-electron chi connectivity index (χ2n) is 7.60. The largest absolute Gasteiger partial charge is 0.367 e. The summed E-state index contributed by atoms with van der Waals surface area (Å²) in [6.45, 7) is 4.39. The van der Waals surface area contributed by atoms with Gasteiger partial charge in [-0.25, -0.2) is 0 Å². The van der Waals surface area contributed by atoms with Crippen LogP contribution in [0.1, 0.15) is 75.7 Å². The van der Waals surface area contributed by atoms with Gasteiger partial charge in [0.1, 0.15) is 11.6 Å². The van der Waals surface area contributed by atoms with Crippen molar-refractivity contribution in [2.45, 2.75) is 70.4 Å². The van der Waals surface area contributed by atoms with E-state index in [1.54, 1.807) is 11.8 Å². The lowest BCUT2D eigenvalue weighted by molar-refractivity contribution is -0.117. The maximum absolute atomic E-state index is 12.3. The van der Waals surface area contributed by atoms with Gasteiger partial charge in [0.25, 0.3) is 0 Å². The highest BCUT2D eigenvalue weighted by molar-refractivity contribution is 5.94. The Morgan fingerprint density at radius 2 is 2.07 bits per heavy atom. The molecule has 0 radical (unpaired) electrons. The van der Waals surface area contributed by atoms with Gasteiger partial charge in [-0.15, -0.1) is 0 Å². The van der Waals surface area contributed by atoms with E-state index < -0.39 is 5.60 Å². The second-order valence-corrected chi connectivity index (χ2v) is 7.60. The van der Waals surface area contributed by atoms with Crippen molar-refractivity contribution in [1.82, 2.24) is 10.1 Å². The average molecular weight is 369 g/mol. The van der Waals surface area contributed by atoms with E-state index in [1.807, 2.05) is 18.2 Å². The maximum Gasteiger partial charge on any atom is 0.250 e. The van der Waals surface area contributed by atoms with Gasteiger partial charge in [-0.05, 0) is 30.9 Å². The number of anilines is 1. The summed E-state index contributed by atoms with van der Waals surface area (Å²) >= 11 is 0. The first-order chi connectivity index (χ1) is 13.1. The standard InChI is InChI=1S/C21H27N3O3/c1-3-13-26-21(11-7-4-8-12-21)20-22-19(27-23-20)18-14-16-9-5-6-10-17(16)24(18)15(2)25/h5-6,9-10,18H,3-4,7-8,11-14H2,1-2H3/t18-/m0/s1. The molecule has 27 heavy (non-hydrogen) atoms. The van der Waals surface area contributed by atoms with Crippen molar-refractivity contribution in [3.63, 3.8) is 0 Å². The topological polar surface area (TPSA) is 68.5 Å². The van der Waals surface area contributed by atoms with Crippen LogP contribution >= 0.6 is 0 Å². The molecular formula is C21H27N3O3. The lowest BCUT2D eigenvalue weighted by Gasteiger charge is -2.34. The van der Waals surface area contributed by atoms with Crippen LogP contribution in [0, 0.1) is 0 Å². The van der Waals surface area contributed by atoms with Gasteiger partial charge in [-0.3, -0.25) is 9.69 Å². The molecule has 1 aromatic heterocycles. The van der Waals surface area contributed by atoms with Crippen LogP contribution in [0.2, 0.25) is 0 Å². The Morgan fingerprint density at radius 1 is 1.30 bits per heavy atom. The molecule has 1 aromatic carbocycles. The zero-order valence-electron chi connectivity index (χ0n) is 16.1. The summed E-state index contributed by atoms with van der Waals surface area (Å²) in [5, 5.41) is 4.32. The molecule has 1 saturated carbocycles. The minimum atomic E-state index is -0.442. The SMILES string of the molecule is CCCOC1(c2noc([C@@H]3Cc4ccccc4N3C(C)=O)n2)CCCCC1. The Bertz CT molecular complexity index is 811. The molecule has 144 valence electrons. The minimum absolute atomic E-state index is 0.0145. The first-order valence-corrected chi connectivity index (χ1v) is 10.0. The van der Waals surface area contributed by atoms with Crippen molar-refractivity contribution in [3.05, 3.63) is 41.5 Å². The van der Waals surface area contributed by atoms with E-state index in [0.29, 0.717) is 24.7 Å². The van der Waals surface area contributed by atoms with Crippen molar-refractivity contribution >= 4 is 11.6 Å². The van der Waals surface area contributed by atoms with Crippen LogP contribution in [0.4, 0.5) is 5.69 Å². The fraction of sp³-hybridized carbons (Fsp3) is 0.571. The quantitative estimate of drug-likeness (QED) is 0.786. The molecule has 1 aliphatic carbocycles. The summed E-state index contributed by atoms with van der Waals surface area (Å²) < 4.78 is 11.9. The number of para-hydroxylation sites is 1. The number of ether oxygens (including phenoxy) is 1. The summed E-state index contributed by atoms with van der Waals surface area (Å²) in [4.78, 5) is 18.8. The molecule has 1 amide bonds. The normalized spacial score (nSPS) is 21.3. The van der Waals surface area contributed by atoms with Crippen molar-refractivity contribution in [1.29, 1.82) is 0 Å². The van der Waals surface area contributed by atoms with Crippen molar-refractivity contribution in [3.8, 4) is 0 Å². The molecule has 2 heterocycles. The third kappa shape index (κ3) is 3.27. The van der Waals surface area contributed by atoms with Crippen molar-refractivity contribution in [2.24, 2.45) is 0 Å². The third-order valence-corrected chi connectivity index (χ3v) is 5.69. The van der Waals surface area contributed by atoms with Crippen LogP contribution in [0.3, 0.4) is 0 Å². The highest BCUT2D eigenvalue weighted by atomic mass is 16.5. The van der Waals surface area contributed by atoms with Crippen LogP contribution < -0.4 is 4.90 Å². The number of fused-ring (bicyclic) bond motifs is 1. The summed E-state index contributed by atoms with van der Waals surface area (Å²) in [6, 6.07) is 7.73. The van der Waals surface area contributed by atoms with Crippen LogP contribution in [-0.4, -0.2) is 22.7 Å². The molecule has 0 saturated heterocycles. The van der Waals surface area contributed by atoms with Gasteiger partial charge in [-0.2, -0.15) is 4.98 Å². The van der Waals surface area contributed by atoms with E-state index in [0.717, 1.165) is 43.4 Å². The van der Waals surface area contributed by atoms with Crippen LogP contribution in [-0.2, 0) is 21.6 Å². The van der Waals surface area contributed by atoms with Gasteiger partial charge in [0.2, 0.25) is 17.6 Å². The molecule has 6 nitrogen and oxygen atoms in total. The highest BCUT2D eigenvalue weighted by Crippen LogP contribution is 2.42. The summed E-state index contributed by atoms with van der Waals surface area (Å²) in [5.74, 6) is 1.13.